The molecule has 35 heavy (non-hydrogen) atoms. The number of hydrogen-bond donors (Lipinski definition) is 0. The molecule has 1 aliphatic carbocycles. The third-order valence-corrected chi connectivity index (χ3v) is 7.05. The summed E-state index contributed by atoms with van der Waals surface area (Å²) in [7, 11) is 0. The van der Waals surface area contributed by atoms with Crippen molar-refractivity contribution in [3.63, 3.8) is 0 Å². The lowest BCUT2D eigenvalue weighted by molar-refractivity contribution is -0.127. The molecule has 2 saturated heterocycles. The van der Waals surface area contributed by atoms with Crippen LogP contribution in [0.4, 0.5) is 5.69 Å². The number of amides is 2. The molecule has 0 unspecified atom stereocenters. The van der Waals surface area contributed by atoms with Crippen molar-refractivity contribution in [2.24, 2.45) is 11.8 Å². The van der Waals surface area contributed by atoms with E-state index in [0.717, 1.165) is 4.90 Å². The number of fused-ring (bicyclic) bond motifs is 3. The van der Waals surface area contributed by atoms with Gasteiger partial charge in [-0.2, -0.15) is 0 Å². The number of rotatable bonds is 4. The highest BCUT2D eigenvalue weighted by atomic mass is 16.5. The van der Waals surface area contributed by atoms with Gasteiger partial charge in [0.15, 0.2) is 0 Å². The summed E-state index contributed by atoms with van der Waals surface area (Å²) in [6.07, 6.45) is -0.924. The smallest absolute Gasteiger partial charge is 0.241 e. The first kappa shape index (κ1) is 21.4. The molecule has 174 valence electrons. The number of Topliss-reactive ketones (excluding diaryl/α,β-unsaturated/α-hetero) is 2. The van der Waals surface area contributed by atoms with Crippen molar-refractivity contribution in [3.05, 3.63) is 95.6 Å². The van der Waals surface area contributed by atoms with Crippen LogP contribution in [0.3, 0.4) is 0 Å². The Kier molecular flexibility index (Phi) is 4.72. The number of imide groups is 1. The van der Waals surface area contributed by atoms with Gasteiger partial charge in [0.05, 0.1) is 30.2 Å². The van der Waals surface area contributed by atoms with E-state index in [2.05, 4.69) is 0 Å². The van der Waals surface area contributed by atoms with Gasteiger partial charge in [0.2, 0.25) is 29.0 Å². The molecule has 3 aromatic rings. The molecule has 3 atom stereocenters. The van der Waals surface area contributed by atoms with Crippen LogP contribution in [0.2, 0.25) is 0 Å². The molecule has 1 spiro atoms. The van der Waals surface area contributed by atoms with Gasteiger partial charge in [0.1, 0.15) is 5.75 Å². The van der Waals surface area contributed by atoms with Crippen LogP contribution in [0.25, 0.3) is 0 Å². The second-order valence-electron chi connectivity index (χ2n) is 8.83. The molecule has 0 aromatic heterocycles. The fourth-order valence-corrected chi connectivity index (χ4v) is 5.57. The molecule has 0 radical (unpaired) electrons. The molecular formula is C28H21NO6. The van der Waals surface area contributed by atoms with Crippen LogP contribution in [0, 0.1) is 11.8 Å². The van der Waals surface area contributed by atoms with Crippen LogP contribution in [0.15, 0.2) is 78.9 Å². The Bertz CT molecular complexity index is 1350. The summed E-state index contributed by atoms with van der Waals surface area (Å²) < 4.78 is 11.7. The van der Waals surface area contributed by atoms with E-state index >= 15 is 0 Å². The monoisotopic (exact) mass is 467 g/mol. The van der Waals surface area contributed by atoms with Crippen molar-refractivity contribution < 1.29 is 28.7 Å². The van der Waals surface area contributed by atoms with E-state index in [1.165, 1.54) is 0 Å². The van der Waals surface area contributed by atoms with E-state index in [1.807, 2.05) is 13.0 Å². The Balaban J connectivity index is 1.49. The molecule has 7 heteroatoms. The molecule has 0 bridgehead atoms. The lowest BCUT2D eigenvalue weighted by atomic mass is 9.77. The third kappa shape index (κ3) is 2.82. The summed E-state index contributed by atoms with van der Waals surface area (Å²) in [6, 6.07) is 22.0. The molecule has 2 aliphatic heterocycles. The van der Waals surface area contributed by atoms with E-state index < -0.39 is 46.9 Å². The fraction of sp³-hybridized carbons (Fsp3) is 0.214. The maximum atomic E-state index is 13.9. The quantitative estimate of drug-likeness (QED) is 0.429. The first-order valence-corrected chi connectivity index (χ1v) is 11.5. The van der Waals surface area contributed by atoms with E-state index in [9.17, 15) is 19.2 Å². The molecule has 3 aromatic carbocycles. The summed E-state index contributed by atoms with van der Waals surface area (Å²) in [5.74, 6) is -3.92. The van der Waals surface area contributed by atoms with Gasteiger partial charge < -0.3 is 9.47 Å². The van der Waals surface area contributed by atoms with E-state index in [0.29, 0.717) is 23.6 Å². The SMILES string of the molecule is CCOc1ccc(N2C(=O)[C@@H]3[C@@H](C2=O)C2(O[C@H]3c3ccccc3)C(=O)c3ccccc3C2=O)cc1. The molecule has 0 N–H and O–H groups in total. The molecular weight excluding hydrogens is 446 g/mol. The number of anilines is 1. The Morgan fingerprint density at radius 1 is 0.800 bits per heavy atom. The first-order valence-electron chi connectivity index (χ1n) is 11.5. The van der Waals surface area contributed by atoms with Crippen molar-refractivity contribution in [2.45, 2.75) is 18.6 Å². The first-order chi connectivity index (χ1) is 17.0. The largest absolute Gasteiger partial charge is 0.494 e. The second-order valence-corrected chi connectivity index (χ2v) is 8.83. The van der Waals surface area contributed by atoms with E-state index in [1.54, 1.807) is 72.8 Å². The Hall–Kier alpha value is -4.10. The fourth-order valence-electron chi connectivity index (χ4n) is 5.57. The van der Waals surface area contributed by atoms with Crippen LogP contribution in [0.1, 0.15) is 39.3 Å². The number of ether oxygens (including phenoxy) is 2. The zero-order valence-electron chi connectivity index (χ0n) is 18.8. The Labute approximate surface area is 201 Å². The standard InChI is InChI=1S/C28H21NO6/c1-2-34-18-14-12-17(13-15-18)29-26(32)21-22(27(29)33)28(35-23(21)16-8-4-3-5-9-16)24(30)19-10-6-7-11-20(19)25(28)31/h3-15,21-23H,2H2,1H3/t21-,22+,23+/m1/s1. The molecule has 7 nitrogen and oxygen atoms in total. The summed E-state index contributed by atoms with van der Waals surface area (Å²) >= 11 is 0. The van der Waals surface area contributed by atoms with Gasteiger partial charge in [-0.25, -0.2) is 4.90 Å². The van der Waals surface area contributed by atoms with Gasteiger partial charge in [-0.1, -0.05) is 54.6 Å². The number of hydrogen-bond acceptors (Lipinski definition) is 6. The predicted octanol–water partition coefficient (Wildman–Crippen LogP) is 3.78. The highest BCUT2D eigenvalue weighted by molar-refractivity contribution is 6.37. The average Bonchev–Trinajstić information content (AvgIpc) is 3.45. The van der Waals surface area contributed by atoms with Crippen LogP contribution in [0.5, 0.6) is 5.75 Å². The summed E-state index contributed by atoms with van der Waals surface area (Å²) in [5, 5.41) is 0. The number of benzene rings is 3. The molecule has 2 amide bonds. The van der Waals surface area contributed by atoms with E-state index in [-0.39, 0.29) is 11.1 Å². The number of ketones is 2. The number of nitrogens with zero attached hydrogens (tertiary/aromatic N) is 1. The van der Waals surface area contributed by atoms with Crippen LogP contribution in [-0.2, 0) is 14.3 Å². The Morgan fingerprint density at radius 3 is 2.00 bits per heavy atom. The zero-order chi connectivity index (χ0) is 24.3. The van der Waals surface area contributed by atoms with Crippen molar-refractivity contribution >= 4 is 29.1 Å². The number of carbonyl (C=O) groups excluding carboxylic acids is 4. The van der Waals surface area contributed by atoms with Gasteiger partial charge in [0, 0.05) is 11.1 Å². The lowest BCUT2D eigenvalue weighted by Gasteiger charge is -2.27. The predicted molar refractivity (Wildman–Crippen MR) is 125 cm³/mol. The summed E-state index contributed by atoms with van der Waals surface area (Å²) in [6.45, 7) is 2.34. The molecule has 2 heterocycles. The summed E-state index contributed by atoms with van der Waals surface area (Å²) in [5.41, 5.74) is -0.656. The highest BCUT2D eigenvalue weighted by Crippen LogP contribution is 2.57. The van der Waals surface area contributed by atoms with Gasteiger partial charge in [-0.05, 0) is 36.8 Å². The van der Waals surface area contributed by atoms with Gasteiger partial charge in [-0.15, -0.1) is 0 Å². The Morgan fingerprint density at radius 2 is 1.40 bits per heavy atom. The number of carbonyl (C=O) groups is 4. The lowest BCUT2D eigenvalue weighted by Crippen LogP contribution is -2.51. The average molecular weight is 467 g/mol. The van der Waals surface area contributed by atoms with Crippen LogP contribution >= 0.6 is 0 Å². The zero-order valence-corrected chi connectivity index (χ0v) is 18.8. The van der Waals surface area contributed by atoms with E-state index in [4.69, 9.17) is 9.47 Å². The second kappa shape index (κ2) is 7.71. The maximum absolute atomic E-state index is 13.9. The third-order valence-electron chi connectivity index (χ3n) is 7.05. The van der Waals surface area contributed by atoms with Crippen molar-refractivity contribution in [2.75, 3.05) is 11.5 Å². The topological polar surface area (TPSA) is 90.0 Å². The minimum atomic E-state index is -2.07. The molecule has 6 rings (SSSR count). The van der Waals surface area contributed by atoms with Gasteiger partial charge in [-0.3, -0.25) is 19.2 Å². The minimum Gasteiger partial charge on any atom is -0.494 e. The molecule has 0 saturated carbocycles. The minimum absolute atomic E-state index is 0.213. The van der Waals surface area contributed by atoms with Crippen molar-refractivity contribution in [1.29, 1.82) is 0 Å². The normalized spacial score (nSPS) is 24.3. The molecule has 3 aliphatic rings. The highest BCUT2D eigenvalue weighted by Gasteiger charge is 2.74. The van der Waals surface area contributed by atoms with Gasteiger partial charge >= 0.3 is 0 Å². The van der Waals surface area contributed by atoms with Crippen LogP contribution in [-0.4, -0.2) is 35.6 Å². The van der Waals surface area contributed by atoms with Crippen molar-refractivity contribution in [1.82, 2.24) is 0 Å². The van der Waals surface area contributed by atoms with Gasteiger partial charge in [0.25, 0.3) is 0 Å². The van der Waals surface area contributed by atoms with Crippen molar-refractivity contribution in [3.8, 4) is 5.75 Å². The van der Waals surface area contributed by atoms with Crippen LogP contribution < -0.4 is 9.64 Å². The maximum Gasteiger partial charge on any atom is 0.241 e. The summed E-state index contributed by atoms with van der Waals surface area (Å²) in [4.78, 5) is 56.2. The molecule has 2 fully saturated rings.